The highest BCUT2D eigenvalue weighted by Crippen LogP contribution is 2.23. The number of hydrogen-bond acceptors (Lipinski definition) is 4. The van der Waals surface area contributed by atoms with E-state index in [4.69, 9.17) is 0 Å². The number of hydrogen-bond donors (Lipinski definition) is 1. The van der Waals surface area contributed by atoms with Crippen LogP contribution in [-0.2, 0) is 10.0 Å². The maximum Gasteiger partial charge on any atom is 0.255 e. The highest BCUT2D eigenvalue weighted by atomic mass is 32.2. The van der Waals surface area contributed by atoms with Gasteiger partial charge in [-0.3, -0.25) is 4.79 Å². The normalized spacial score (nSPS) is 16.4. The number of nitrogens with zero attached hydrogens (tertiary/aromatic N) is 2. The fourth-order valence-electron chi connectivity index (χ4n) is 2.72. The van der Waals surface area contributed by atoms with Crippen LogP contribution in [0.1, 0.15) is 10.4 Å². The SMILES string of the molecule is CN1CCN(S(=O)(=O)c2ccc(NC(=O)c3ccccc3)c(F)c2)CC1. The highest BCUT2D eigenvalue weighted by molar-refractivity contribution is 7.89. The molecule has 2 aromatic rings. The van der Waals surface area contributed by atoms with Gasteiger partial charge in [0.25, 0.3) is 5.91 Å². The lowest BCUT2D eigenvalue weighted by atomic mass is 10.2. The van der Waals surface area contributed by atoms with E-state index in [1.807, 2.05) is 11.9 Å². The Hall–Kier alpha value is -2.29. The standard InChI is InChI=1S/C18H20FN3O3S/c1-21-9-11-22(12-10-21)26(24,25)15-7-8-17(16(19)13-15)20-18(23)14-5-3-2-4-6-14/h2-8,13H,9-12H2,1H3,(H,20,23). The van der Waals surface area contributed by atoms with Gasteiger partial charge >= 0.3 is 0 Å². The van der Waals surface area contributed by atoms with Crippen molar-refractivity contribution in [3.05, 3.63) is 59.9 Å². The number of rotatable bonds is 4. The lowest BCUT2D eigenvalue weighted by Crippen LogP contribution is -2.47. The zero-order valence-electron chi connectivity index (χ0n) is 14.4. The van der Waals surface area contributed by atoms with Crippen molar-refractivity contribution in [3.63, 3.8) is 0 Å². The zero-order chi connectivity index (χ0) is 18.7. The number of anilines is 1. The van der Waals surface area contributed by atoms with Crippen LogP contribution in [0.4, 0.5) is 10.1 Å². The lowest BCUT2D eigenvalue weighted by molar-refractivity contribution is 0.102. The molecule has 0 aromatic heterocycles. The number of sulfonamides is 1. The summed E-state index contributed by atoms with van der Waals surface area (Å²) in [7, 11) is -1.83. The van der Waals surface area contributed by atoms with Gasteiger partial charge in [0.05, 0.1) is 10.6 Å². The molecule has 0 radical (unpaired) electrons. The van der Waals surface area contributed by atoms with Crippen molar-refractivity contribution in [3.8, 4) is 0 Å². The smallest absolute Gasteiger partial charge is 0.255 e. The summed E-state index contributed by atoms with van der Waals surface area (Å²) in [5.41, 5.74) is 0.331. The van der Waals surface area contributed by atoms with Crippen molar-refractivity contribution in [2.45, 2.75) is 4.90 Å². The molecular formula is C18H20FN3O3S. The molecule has 1 saturated heterocycles. The van der Waals surface area contributed by atoms with Crippen molar-refractivity contribution in [1.82, 2.24) is 9.21 Å². The molecule has 1 aliphatic heterocycles. The van der Waals surface area contributed by atoms with E-state index in [-0.39, 0.29) is 10.6 Å². The summed E-state index contributed by atoms with van der Waals surface area (Å²) >= 11 is 0. The Balaban J connectivity index is 1.78. The molecule has 0 unspecified atom stereocenters. The number of piperazine rings is 1. The van der Waals surface area contributed by atoms with Crippen LogP contribution >= 0.6 is 0 Å². The molecule has 138 valence electrons. The molecule has 26 heavy (non-hydrogen) atoms. The largest absolute Gasteiger partial charge is 0.319 e. The Labute approximate surface area is 152 Å². The minimum atomic E-state index is -3.75. The first kappa shape index (κ1) is 18.5. The van der Waals surface area contributed by atoms with Crippen molar-refractivity contribution >= 4 is 21.6 Å². The fraction of sp³-hybridized carbons (Fsp3) is 0.278. The Kier molecular flexibility index (Phi) is 5.36. The second-order valence-electron chi connectivity index (χ2n) is 6.17. The molecule has 3 rings (SSSR count). The third-order valence-corrected chi connectivity index (χ3v) is 6.22. The topological polar surface area (TPSA) is 69.7 Å². The summed E-state index contributed by atoms with van der Waals surface area (Å²) in [5, 5.41) is 2.46. The Morgan fingerprint density at radius 3 is 2.31 bits per heavy atom. The number of halogens is 1. The molecule has 8 heteroatoms. The van der Waals surface area contributed by atoms with Crippen molar-refractivity contribution in [2.75, 3.05) is 38.5 Å². The third-order valence-electron chi connectivity index (χ3n) is 4.32. The maximum absolute atomic E-state index is 14.4. The van der Waals surface area contributed by atoms with E-state index in [2.05, 4.69) is 5.32 Å². The van der Waals surface area contributed by atoms with Crippen LogP contribution < -0.4 is 5.32 Å². The highest BCUT2D eigenvalue weighted by Gasteiger charge is 2.28. The molecule has 0 bridgehead atoms. The van der Waals surface area contributed by atoms with Crippen LogP contribution in [-0.4, -0.2) is 56.8 Å². The van der Waals surface area contributed by atoms with E-state index in [0.29, 0.717) is 31.7 Å². The summed E-state index contributed by atoms with van der Waals surface area (Å²) in [6.07, 6.45) is 0. The number of likely N-dealkylation sites (N-methyl/N-ethyl adjacent to an activating group) is 1. The molecule has 1 amide bonds. The quantitative estimate of drug-likeness (QED) is 0.885. The fourth-order valence-corrected chi connectivity index (χ4v) is 4.15. The number of nitrogens with one attached hydrogen (secondary N) is 1. The third kappa shape index (κ3) is 3.92. The summed E-state index contributed by atoms with van der Waals surface area (Å²) in [4.78, 5) is 14.0. The van der Waals surface area contributed by atoms with Crippen LogP contribution in [0.3, 0.4) is 0 Å². The number of carbonyl (C=O) groups excluding carboxylic acids is 1. The number of carbonyl (C=O) groups is 1. The van der Waals surface area contributed by atoms with E-state index in [9.17, 15) is 17.6 Å². The van der Waals surface area contributed by atoms with E-state index in [1.54, 1.807) is 30.3 Å². The van der Waals surface area contributed by atoms with Gasteiger partial charge in [0.2, 0.25) is 10.0 Å². The monoisotopic (exact) mass is 377 g/mol. The van der Waals surface area contributed by atoms with E-state index in [0.717, 1.165) is 6.07 Å². The number of amides is 1. The molecule has 0 aliphatic carbocycles. The Morgan fingerprint density at radius 2 is 1.69 bits per heavy atom. The average molecular weight is 377 g/mol. The van der Waals surface area contributed by atoms with Crippen molar-refractivity contribution in [2.24, 2.45) is 0 Å². The first-order chi connectivity index (χ1) is 12.4. The van der Waals surface area contributed by atoms with Crippen LogP contribution in [0.2, 0.25) is 0 Å². The molecule has 2 aromatic carbocycles. The van der Waals surface area contributed by atoms with E-state index >= 15 is 0 Å². The Bertz CT molecular complexity index is 895. The molecule has 1 N–H and O–H groups in total. The van der Waals surface area contributed by atoms with Crippen LogP contribution in [0.15, 0.2) is 53.4 Å². The predicted molar refractivity (Wildman–Crippen MR) is 97.1 cm³/mol. The van der Waals surface area contributed by atoms with Gasteiger partial charge in [-0.05, 0) is 37.4 Å². The molecule has 0 atom stereocenters. The van der Waals surface area contributed by atoms with Crippen molar-refractivity contribution < 1.29 is 17.6 Å². The molecular weight excluding hydrogens is 357 g/mol. The Morgan fingerprint density at radius 1 is 1.04 bits per heavy atom. The summed E-state index contributed by atoms with van der Waals surface area (Å²) in [5.74, 6) is -1.25. The maximum atomic E-state index is 14.4. The van der Waals surface area contributed by atoms with E-state index < -0.39 is 21.7 Å². The second kappa shape index (κ2) is 7.53. The summed E-state index contributed by atoms with van der Waals surface area (Å²) in [6, 6.07) is 12.0. The zero-order valence-corrected chi connectivity index (χ0v) is 15.2. The molecule has 6 nitrogen and oxygen atoms in total. The molecule has 0 saturated carbocycles. The minimum Gasteiger partial charge on any atom is -0.319 e. The molecule has 1 fully saturated rings. The van der Waals surface area contributed by atoms with Gasteiger partial charge in [-0.15, -0.1) is 0 Å². The first-order valence-electron chi connectivity index (χ1n) is 8.22. The summed E-state index contributed by atoms with van der Waals surface area (Å²) in [6.45, 7) is 2.00. The summed E-state index contributed by atoms with van der Waals surface area (Å²) < 4.78 is 41.0. The van der Waals surface area contributed by atoms with Gasteiger partial charge in [0.15, 0.2) is 0 Å². The average Bonchev–Trinajstić information content (AvgIpc) is 2.64. The van der Waals surface area contributed by atoms with Crippen molar-refractivity contribution in [1.29, 1.82) is 0 Å². The van der Waals surface area contributed by atoms with E-state index in [1.165, 1.54) is 16.4 Å². The minimum absolute atomic E-state index is 0.0591. The van der Waals surface area contributed by atoms with Gasteiger partial charge in [-0.1, -0.05) is 18.2 Å². The van der Waals surface area contributed by atoms with Gasteiger partial charge < -0.3 is 10.2 Å². The van der Waals surface area contributed by atoms with Gasteiger partial charge in [0.1, 0.15) is 5.82 Å². The molecule has 1 aliphatic rings. The molecule has 1 heterocycles. The van der Waals surface area contributed by atoms with Crippen LogP contribution in [0, 0.1) is 5.82 Å². The van der Waals surface area contributed by atoms with Gasteiger partial charge in [0, 0.05) is 31.7 Å². The first-order valence-corrected chi connectivity index (χ1v) is 9.66. The van der Waals surface area contributed by atoms with Crippen LogP contribution in [0.25, 0.3) is 0 Å². The number of benzene rings is 2. The second-order valence-corrected chi connectivity index (χ2v) is 8.11. The van der Waals surface area contributed by atoms with Gasteiger partial charge in [-0.2, -0.15) is 4.31 Å². The lowest BCUT2D eigenvalue weighted by Gasteiger charge is -2.31. The van der Waals surface area contributed by atoms with Crippen LogP contribution in [0.5, 0.6) is 0 Å². The molecule has 0 spiro atoms. The predicted octanol–water partition coefficient (Wildman–Crippen LogP) is 2.01. The van der Waals surface area contributed by atoms with Gasteiger partial charge in [-0.25, -0.2) is 12.8 Å².